The number of ether oxygens (including phenoxy) is 1. The van der Waals surface area contributed by atoms with Crippen LogP contribution in [-0.4, -0.2) is 55.5 Å². The Morgan fingerprint density at radius 3 is 2.57 bits per heavy atom. The minimum atomic E-state index is 0.112. The minimum absolute atomic E-state index is 0.112. The molecule has 1 amide bonds. The van der Waals surface area contributed by atoms with Crippen molar-refractivity contribution in [2.75, 3.05) is 39.5 Å². The van der Waals surface area contributed by atoms with Crippen molar-refractivity contribution in [3.05, 3.63) is 24.3 Å². The van der Waals surface area contributed by atoms with Gasteiger partial charge in [-0.1, -0.05) is 12.1 Å². The molecule has 0 heterocycles. The van der Waals surface area contributed by atoms with E-state index in [0.29, 0.717) is 31.0 Å². The zero-order valence-corrected chi connectivity index (χ0v) is 13.5. The molecule has 0 fully saturated rings. The Balaban J connectivity index is 2.46. The van der Waals surface area contributed by atoms with E-state index in [1.54, 1.807) is 6.07 Å². The Bertz CT molecular complexity index is 449. The van der Waals surface area contributed by atoms with E-state index in [2.05, 4.69) is 11.8 Å². The number of likely N-dealkylation sites (N-methyl/N-ethyl adjacent to an activating group) is 2. The number of nitrogen functional groups attached to an aromatic ring is 1. The van der Waals surface area contributed by atoms with Crippen LogP contribution in [-0.2, 0) is 4.79 Å². The zero-order chi connectivity index (χ0) is 15.8. The Labute approximate surface area is 127 Å². The van der Waals surface area contributed by atoms with Crippen molar-refractivity contribution in [2.24, 2.45) is 0 Å². The zero-order valence-electron chi connectivity index (χ0n) is 13.5. The second kappa shape index (κ2) is 8.52. The molecule has 0 bridgehead atoms. The number of nitrogens with two attached hydrogens (primary N) is 1. The predicted octanol–water partition coefficient (Wildman–Crippen LogP) is 1.84. The molecule has 0 saturated carbocycles. The van der Waals surface area contributed by atoms with Gasteiger partial charge in [-0.15, -0.1) is 0 Å². The summed E-state index contributed by atoms with van der Waals surface area (Å²) in [5, 5.41) is 0. The van der Waals surface area contributed by atoms with Crippen LogP contribution in [0.2, 0.25) is 0 Å². The summed E-state index contributed by atoms with van der Waals surface area (Å²) in [5.41, 5.74) is 6.40. The standard InChI is InChI=1S/C16H27N3O2/c1-5-19(13(2)12-18(3)4)16(20)10-11-21-15-9-7-6-8-14(15)17/h6-9,13H,5,10-12,17H2,1-4H3. The fourth-order valence-corrected chi connectivity index (χ4v) is 2.36. The number of carbonyl (C=O) groups is 1. The van der Waals surface area contributed by atoms with Gasteiger partial charge in [0.25, 0.3) is 0 Å². The molecule has 0 aromatic heterocycles. The van der Waals surface area contributed by atoms with Crippen LogP contribution in [0.15, 0.2) is 24.3 Å². The number of amides is 1. The van der Waals surface area contributed by atoms with Crippen molar-refractivity contribution in [1.29, 1.82) is 0 Å². The molecule has 0 aliphatic heterocycles. The lowest BCUT2D eigenvalue weighted by atomic mass is 10.2. The van der Waals surface area contributed by atoms with Crippen LogP contribution in [0, 0.1) is 0 Å². The highest BCUT2D eigenvalue weighted by Crippen LogP contribution is 2.19. The summed E-state index contributed by atoms with van der Waals surface area (Å²) in [4.78, 5) is 16.2. The number of rotatable bonds is 8. The van der Waals surface area contributed by atoms with E-state index in [-0.39, 0.29) is 11.9 Å². The van der Waals surface area contributed by atoms with Gasteiger partial charge in [-0.25, -0.2) is 0 Å². The highest BCUT2D eigenvalue weighted by Gasteiger charge is 2.18. The van der Waals surface area contributed by atoms with Gasteiger partial charge in [0.2, 0.25) is 5.91 Å². The Morgan fingerprint density at radius 2 is 2.00 bits per heavy atom. The van der Waals surface area contributed by atoms with E-state index in [1.807, 2.05) is 44.1 Å². The first kappa shape index (κ1) is 17.3. The van der Waals surface area contributed by atoms with Gasteiger partial charge < -0.3 is 20.3 Å². The maximum absolute atomic E-state index is 12.3. The molecule has 2 N–H and O–H groups in total. The van der Waals surface area contributed by atoms with Gasteiger partial charge in [-0.3, -0.25) is 4.79 Å². The Morgan fingerprint density at radius 1 is 1.33 bits per heavy atom. The fourth-order valence-electron chi connectivity index (χ4n) is 2.36. The fraction of sp³-hybridized carbons (Fsp3) is 0.562. The van der Waals surface area contributed by atoms with Crippen LogP contribution in [0.1, 0.15) is 20.3 Å². The van der Waals surface area contributed by atoms with Crippen LogP contribution < -0.4 is 10.5 Å². The monoisotopic (exact) mass is 293 g/mol. The lowest BCUT2D eigenvalue weighted by Gasteiger charge is -2.30. The van der Waals surface area contributed by atoms with Crippen LogP contribution in [0.3, 0.4) is 0 Å². The van der Waals surface area contributed by atoms with Gasteiger partial charge in [0.1, 0.15) is 5.75 Å². The SMILES string of the molecule is CCN(C(=O)CCOc1ccccc1N)C(C)CN(C)C. The van der Waals surface area contributed by atoms with Crippen LogP contribution >= 0.6 is 0 Å². The van der Waals surface area contributed by atoms with Gasteiger partial charge in [-0.05, 0) is 40.1 Å². The molecule has 1 aromatic carbocycles. The summed E-state index contributed by atoms with van der Waals surface area (Å²) in [5.74, 6) is 0.746. The number of hydrogen-bond acceptors (Lipinski definition) is 4. The molecule has 5 nitrogen and oxygen atoms in total. The third kappa shape index (κ3) is 5.63. The van der Waals surface area contributed by atoms with E-state index >= 15 is 0 Å². The van der Waals surface area contributed by atoms with Gasteiger partial charge in [-0.2, -0.15) is 0 Å². The first-order valence-electron chi connectivity index (χ1n) is 7.37. The van der Waals surface area contributed by atoms with Gasteiger partial charge in [0.15, 0.2) is 0 Å². The number of hydrogen-bond donors (Lipinski definition) is 1. The average Bonchev–Trinajstić information content (AvgIpc) is 2.41. The van der Waals surface area contributed by atoms with Crippen LogP contribution in [0.5, 0.6) is 5.75 Å². The first-order chi connectivity index (χ1) is 9.95. The Hall–Kier alpha value is -1.75. The topological polar surface area (TPSA) is 58.8 Å². The summed E-state index contributed by atoms with van der Waals surface area (Å²) < 4.78 is 5.58. The van der Waals surface area contributed by atoms with Gasteiger partial charge in [0.05, 0.1) is 18.7 Å². The maximum atomic E-state index is 12.3. The van der Waals surface area contributed by atoms with Crippen molar-refractivity contribution >= 4 is 11.6 Å². The van der Waals surface area contributed by atoms with Gasteiger partial charge in [0, 0.05) is 19.1 Å². The highest BCUT2D eigenvalue weighted by atomic mass is 16.5. The van der Waals surface area contributed by atoms with Gasteiger partial charge >= 0.3 is 0 Å². The molecule has 1 atom stereocenters. The van der Waals surface area contributed by atoms with E-state index < -0.39 is 0 Å². The quantitative estimate of drug-likeness (QED) is 0.743. The van der Waals surface area contributed by atoms with E-state index in [9.17, 15) is 4.79 Å². The van der Waals surface area contributed by atoms with Crippen molar-refractivity contribution in [1.82, 2.24) is 9.80 Å². The molecule has 0 radical (unpaired) electrons. The lowest BCUT2D eigenvalue weighted by molar-refractivity contribution is -0.133. The third-order valence-electron chi connectivity index (χ3n) is 3.31. The second-order valence-electron chi connectivity index (χ2n) is 5.43. The molecule has 1 rings (SSSR count). The molecular formula is C16H27N3O2. The molecule has 0 spiro atoms. The molecule has 5 heteroatoms. The van der Waals surface area contributed by atoms with Crippen molar-refractivity contribution < 1.29 is 9.53 Å². The minimum Gasteiger partial charge on any atom is -0.491 e. The molecule has 1 unspecified atom stereocenters. The first-order valence-corrected chi connectivity index (χ1v) is 7.37. The summed E-state index contributed by atoms with van der Waals surface area (Å²) in [6, 6.07) is 7.51. The number of anilines is 1. The predicted molar refractivity (Wildman–Crippen MR) is 86.4 cm³/mol. The summed E-state index contributed by atoms with van der Waals surface area (Å²) in [7, 11) is 4.02. The van der Waals surface area contributed by atoms with E-state index in [1.165, 1.54) is 0 Å². The Kier molecular flexibility index (Phi) is 7.02. The summed E-state index contributed by atoms with van der Waals surface area (Å²) in [6.45, 7) is 5.98. The molecule has 1 aromatic rings. The number of nitrogens with zero attached hydrogens (tertiary/aromatic N) is 2. The van der Waals surface area contributed by atoms with Crippen LogP contribution in [0.25, 0.3) is 0 Å². The smallest absolute Gasteiger partial charge is 0.226 e. The highest BCUT2D eigenvalue weighted by molar-refractivity contribution is 5.76. The van der Waals surface area contributed by atoms with Crippen molar-refractivity contribution in [3.8, 4) is 5.75 Å². The molecule has 0 aliphatic carbocycles. The normalized spacial score (nSPS) is 12.2. The molecule has 21 heavy (non-hydrogen) atoms. The third-order valence-corrected chi connectivity index (χ3v) is 3.31. The number of carbonyl (C=O) groups excluding carboxylic acids is 1. The average molecular weight is 293 g/mol. The summed E-state index contributed by atoms with van der Waals surface area (Å²) in [6.07, 6.45) is 0.361. The summed E-state index contributed by atoms with van der Waals surface area (Å²) >= 11 is 0. The second-order valence-corrected chi connectivity index (χ2v) is 5.43. The lowest BCUT2D eigenvalue weighted by Crippen LogP contribution is -2.44. The van der Waals surface area contributed by atoms with E-state index in [0.717, 1.165) is 6.54 Å². The number of para-hydroxylation sites is 2. The molecule has 0 aliphatic rings. The largest absolute Gasteiger partial charge is 0.491 e. The van der Waals surface area contributed by atoms with Crippen molar-refractivity contribution in [3.63, 3.8) is 0 Å². The maximum Gasteiger partial charge on any atom is 0.226 e. The number of benzene rings is 1. The van der Waals surface area contributed by atoms with E-state index in [4.69, 9.17) is 10.5 Å². The molecule has 118 valence electrons. The van der Waals surface area contributed by atoms with Crippen LogP contribution in [0.4, 0.5) is 5.69 Å². The molecule has 0 saturated heterocycles. The van der Waals surface area contributed by atoms with Crippen molar-refractivity contribution in [2.45, 2.75) is 26.3 Å². The molecular weight excluding hydrogens is 266 g/mol.